The minimum Gasteiger partial charge on any atom is -0.350 e. The van der Waals surface area contributed by atoms with Crippen molar-refractivity contribution >= 4 is 35.0 Å². The number of carbonyl (C=O) groups is 2. The lowest BCUT2D eigenvalue weighted by atomic mass is 10.1. The lowest BCUT2D eigenvalue weighted by molar-refractivity contribution is -0.120. The van der Waals surface area contributed by atoms with Gasteiger partial charge in [-0.25, -0.2) is 4.90 Å². The second kappa shape index (κ2) is 9.45. The number of rotatable bonds is 7. The highest BCUT2D eigenvalue weighted by atomic mass is 32.2. The maximum absolute atomic E-state index is 13.4. The molecule has 0 saturated heterocycles. The molecule has 1 N–H and O–H groups in total. The maximum atomic E-state index is 13.4. The zero-order valence-electron chi connectivity index (χ0n) is 18.5. The van der Waals surface area contributed by atoms with E-state index < -0.39 is 0 Å². The van der Waals surface area contributed by atoms with Crippen molar-refractivity contribution in [2.24, 2.45) is 0 Å². The van der Waals surface area contributed by atoms with E-state index in [2.05, 4.69) is 19.2 Å². The van der Waals surface area contributed by atoms with E-state index >= 15 is 0 Å². The minimum atomic E-state index is -0.339. The molecule has 1 aliphatic rings. The Morgan fingerprint density at radius 1 is 0.750 bits per heavy atom. The van der Waals surface area contributed by atoms with Gasteiger partial charge in [-0.15, -0.1) is 0 Å². The lowest BCUT2D eigenvalue weighted by Crippen LogP contribution is -2.32. The van der Waals surface area contributed by atoms with Gasteiger partial charge in [-0.3, -0.25) is 9.59 Å². The van der Waals surface area contributed by atoms with E-state index in [1.54, 1.807) is 0 Å². The smallest absolute Gasteiger partial charge is 0.283 e. The number of thioether (sulfide) groups is 1. The molecule has 3 aromatic rings. The molecule has 0 aliphatic carbocycles. The van der Waals surface area contributed by atoms with Crippen molar-refractivity contribution in [2.45, 2.75) is 38.5 Å². The van der Waals surface area contributed by atoms with Crippen LogP contribution < -0.4 is 10.2 Å². The molecule has 0 fully saturated rings. The molecule has 0 radical (unpaired) electrons. The maximum Gasteiger partial charge on any atom is 0.283 e. The van der Waals surface area contributed by atoms with Crippen LogP contribution >= 0.6 is 11.8 Å². The first-order valence-electron chi connectivity index (χ1n) is 10.8. The first-order valence-corrected chi connectivity index (χ1v) is 11.6. The van der Waals surface area contributed by atoms with Crippen LogP contribution in [0.2, 0.25) is 0 Å². The molecule has 0 aromatic heterocycles. The van der Waals surface area contributed by atoms with E-state index in [0.29, 0.717) is 16.3 Å². The highest BCUT2D eigenvalue weighted by Gasteiger charge is 2.40. The van der Waals surface area contributed by atoms with E-state index in [1.807, 2.05) is 79.7 Å². The van der Waals surface area contributed by atoms with E-state index in [0.717, 1.165) is 34.6 Å². The molecule has 0 spiro atoms. The zero-order chi connectivity index (χ0) is 22.7. The van der Waals surface area contributed by atoms with E-state index in [-0.39, 0.29) is 11.8 Å². The van der Waals surface area contributed by atoms with Crippen molar-refractivity contribution < 1.29 is 9.59 Å². The van der Waals surface area contributed by atoms with Crippen molar-refractivity contribution in [3.8, 4) is 0 Å². The van der Waals surface area contributed by atoms with Gasteiger partial charge >= 0.3 is 0 Å². The first kappa shape index (κ1) is 21.9. The molecule has 1 heterocycles. The molecular weight excluding hydrogens is 416 g/mol. The highest BCUT2D eigenvalue weighted by molar-refractivity contribution is 8.04. The highest BCUT2D eigenvalue weighted by Crippen LogP contribution is 2.38. The molecule has 0 unspecified atom stereocenters. The van der Waals surface area contributed by atoms with Gasteiger partial charge in [0, 0.05) is 10.6 Å². The fourth-order valence-electron chi connectivity index (χ4n) is 3.52. The van der Waals surface area contributed by atoms with Crippen LogP contribution in [0, 0.1) is 6.92 Å². The Morgan fingerprint density at radius 3 is 1.88 bits per heavy atom. The third kappa shape index (κ3) is 4.48. The summed E-state index contributed by atoms with van der Waals surface area (Å²) in [5, 5.41) is 3.22. The van der Waals surface area contributed by atoms with Crippen molar-refractivity contribution in [3.05, 3.63) is 100 Å². The molecule has 3 aromatic carbocycles. The average molecular weight is 443 g/mol. The number of amides is 2. The van der Waals surface area contributed by atoms with E-state index in [9.17, 15) is 9.59 Å². The first-order chi connectivity index (χ1) is 15.5. The van der Waals surface area contributed by atoms with Gasteiger partial charge in [-0.1, -0.05) is 67.6 Å². The Hall–Kier alpha value is -3.31. The third-order valence-corrected chi connectivity index (χ3v) is 6.61. The van der Waals surface area contributed by atoms with Crippen molar-refractivity contribution in [1.82, 2.24) is 0 Å². The molecule has 4 nitrogen and oxygen atoms in total. The van der Waals surface area contributed by atoms with E-state index in [1.165, 1.54) is 22.2 Å². The van der Waals surface area contributed by atoms with Crippen LogP contribution in [0.25, 0.3) is 0 Å². The summed E-state index contributed by atoms with van der Waals surface area (Å²) in [6, 6.07) is 23.5. The number of anilines is 2. The van der Waals surface area contributed by atoms with Crippen LogP contribution in [-0.2, 0) is 22.4 Å². The molecule has 32 heavy (non-hydrogen) atoms. The molecule has 162 valence electrons. The molecule has 2 amide bonds. The van der Waals surface area contributed by atoms with Crippen LogP contribution in [-0.4, -0.2) is 11.8 Å². The van der Waals surface area contributed by atoms with Crippen molar-refractivity contribution in [2.75, 3.05) is 10.2 Å². The second-order valence-corrected chi connectivity index (χ2v) is 8.84. The Bertz CT molecular complexity index is 1160. The number of benzene rings is 3. The fourth-order valence-corrected chi connectivity index (χ4v) is 4.45. The topological polar surface area (TPSA) is 49.4 Å². The summed E-state index contributed by atoms with van der Waals surface area (Å²) in [7, 11) is 0. The van der Waals surface area contributed by atoms with Crippen LogP contribution in [0.4, 0.5) is 11.4 Å². The molecule has 1 aliphatic heterocycles. The molecular formula is C27H26N2O2S. The number of aryl methyl sites for hydroxylation is 3. The summed E-state index contributed by atoms with van der Waals surface area (Å²) in [5.74, 6) is -0.647. The van der Waals surface area contributed by atoms with Gasteiger partial charge in [0.25, 0.3) is 11.8 Å². The van der Waals surface area contributed by atoms with Crippen molar-refractivity contribution in [1.29, 1.82) is 0 Å². The molecule has 0 bridgehead atoms. The lowest BCUT2D eigenvalue weighted by Gasteiger charge is -2.16. The zero-order valence-corrected chi connectivity index (χ0v) is 19.3. The van der Waals surface area contributed by atoms with Crippen LogP contribution in [0.3, 0.4) is 0 Å². The summed E-state index contributed by atoms with van der Waals surface area (Å²) >= 11 is 1.32. The van der Waals surface area contributed by atoms with Gasteiger partial charge in [0.05, 0.1) is 5.69 Å². The van der Waals surface area contributed by atoms with Crippen LogP contribution in [0.15, 0.2) is 88.3 Å². The predicted octanol–water partition coefficient (Wildman–Crippen LogP) is 6.11. The van der Waals surface area contributed by atoms with Gasteiger partial charge in [0.1, 0.15) is 10.6 Å². The Kier molecular flexibility index (Phi) is 6.47. The van der Waals surface area contributed by atoms with Crippen LogP contribution in [0.1, 0.15) is 30.5 Å². The minimum absolute atomic E-state index is 0.308. The van der Waals surface area contributed by atoms with Gasteiger partial charge < -0.3 is 5.32 Å². The fraction of sp³-hybridized carbons (Fsp3) is 0.185. The molecule has 0 saturated carbocycles. The predicted molar refractivity (Wildman–Crippen MR) is 132 cm³/mol. The Morgan fingerprint density at radius 2 is 1.31 bits per heavy atom. The summed E-state index contributed by atoms with van der Waals surface area (Å²) < 4.78 is 0. The van der Waals surface area contributed by atoms with Crippen LogP contribution in [0.5, 0.6) is 0 Å². The average Bonchev–Trinajstić information content (AvgIpc) is 3.05. The van der Waals surface area contributed by atoms with Crippen molar-refractivity contribution in [3.63, 3.8) is 0 Å². The molecule has 0 atom stereocenters. The van der Waals surface area contributed by atoms with Gasteiger partial charge in [-0.05, 0) is 67.3 Å². The molecule has 4 rings (SSSR count). The summed E-state index contributed by atoms with van der Waals surface area (Å²) in [5.41, 5.74) is 5.18. The Balaban J connectivity index is 1.70. The summed E-state index contributed by atoms with van der Waals surface area (Å²) in [6.07, 6.45) is 1.84. The largest absolute Gasteiger partial charge is 0.350 e. The van der Waals surface area contributed by atoms with Gasteiger partial charge in [0.2, 0.25) is 0 Å². The third-order valence-electron chi connectivity index (χ3n) is 5.52. The summed E-state index contributed by atoms with van der Waals surface area (Å²) in [6.45, 7) is 6.19. The second-order valence-electron chi connectivity index (χ2n) is 7.76. The number of nitrogens with one attached hydrogen (secondary N) is 1. The van der Waals surface area contributed by atoms with Gasteiger partial charge in [0.15, 0.2) is 0 Å². The SMILES string of the molecule is CCc1ccc(NC2=C(Sc3ccc(C)cc3)C(=O)N(c3ccc(CC)cc3)C2=O)cc1. The summed E-state index contributed by atoms with van der Waals surface area (Å²) in [4.78, 5) is 29.4. The standard InChI is InChI=1S/C27H26N2O2S/c1-4-19-8-12-21(13-9-19)28-24-25(32-23-16-6-18(3)7-17-23)27(31)29(26(24)30)22-14-10-20(5-2)11-15-22/h6-17,28H,4-5H2,1-3H3. The quantitative estimate of drug-likeness (QED) is 0.449. The van der Waals surface area contributed by atoms with E-state index in [4.69, 9.17) is 0 Å². The monoisotopic (exact) mass is 442 g/mol. The van der Waals surface area contributed by atoms with Gasteiger partial charge in [-0.2, -0.15) is 0 Å². The number of hydrogen-bond donors (Lipinski definition) is 1. The number of nitrogens with zero attached hydrogens (tertiary/aromatic N) is 1. The normalized spacial score (nSPS) is 13.8. The molecule has 5 heteroatoms. The Labute approximate surface area is 193 Å². The number of imide groups is 1. The number of carbonyl (C=O) groups excluding carboxylic acids is 2. The number of hydrogen-bond acceptors (Lipinski definition) is 4.